The minimum Gasteiger partial charge on any atom is -0.269 e. The van der Waals surface area contributed by atoms with Crippen molar-refractivity contribution in [1.29, 1.82) is 0 Å². The van der Waals surface area contributed by atoms with Crippen LogP contribution in [-0.4, -0.2) is 14.6 Å². The first-order valence-electron chi connectivity index (χ1n) is 5.47. The average Bonchev–Trinajstić information content (AvgIpc) is 2.77. The molecule has 5 heteroatoms. The van der Waals surface area contributed by atoms with Crippen molar-refractivity contribution in [2.45, 2.75) is 6.42 Å². The molecule has 0 radical (unpaired) electrons. The van der Waals surface area contributed by atoms with Crippen LogP contribution in [0.2, 0.25) is 10.2 Å². The number of hydrogen-bond donors (Lipinski definition) is 0. The van der Waals surface area contributed by atoms with Crippen molar-refractivity contribution in [3.05, 3.63) is 64.0 Å². The fraction of sp³-hybridized carbons (Fsp3) is 0.0769. The lowest BCUT2D eigenvalue weighted by atomic mass is 10.1. The third kappa shape index (κ3) is 2.07. The molecule has 2 heterocycles. The van der Waals surface area contributed by atoms with Crippen LogP contribution in [0.4, 0.5) is 0 Å². The molecule has 0 aliphatic rings. The van der Waals surface area contributed by atoms with Gasteiger partial charge in [-0.05, 0) is 29.8 Å². The first-order valence-corrected chi connectivity index (χ1v) is 6.22. The van der Waals surface area contributed by atoms with E-state index in [1.807, 2.05) is 46.9 Å². The van der Waals surface area contributed by atoms with Crippen LogP contribution >= 0.6 is 23.2 Å². The van der Waals surface area contributed by atoms with E-state index in [4.69, 9.17) is 23.2 Å². The smallest absolute Gasteiger partial charge is 0.161 e. The van der Waals surface area contributed by atoms with Gasteiger partial charge in [-0.15, -0.1) is 10.2 Å². The molecule has 0 amide bonds. The van der Waals surface area contributed by atoms with Crippen molar-refractivity contribution in [2.75, 3.05) is 0 Å². The monoisotopic (exact) mass is 277 g/mol. The molecular weight excluding hydrogens is 269 g/mol. The summed E-state index contributed by atoms with van der Waals surface area (Å²) in [4.78, 5) is 0. The summed E-state index contributed by atoms with van der Waals surface area (Å²) >= 11 is 12.0. The van der Waals surface area contributed by atoms with Crippen molar-refractivity contribution < 1.29 is 0 Å². The van der Waals surface area contributed by atoms with Gasteiger partial charge in [-0.3, -0.25) is 4.40 Å². The largest absolute Gasteiger partial charge is 0.269 e. The van der Waals surface area contributed by atoms with Gasteiger partial charge < -0.3 is 0 Å². The Hall–Kier alpha value is -1.58. The summed E-state index contributed by atoms with van der Waals surface area (Å²) in [5, 5.41) is 9.60. The fourth-order valence-electron chi connectivity index (χ4n) is 1.86. The van der Waals surface area contributed by atoms with E-state index >= 15 is 0 Å². The van der Waals surface area contributed by atoms with Gasteiger partial charge in [-0.1, -0.05) is 41.4 Å². The minimum absolute atomic E-state index is 0.612. The van der Waals surface area contributed by atoms with E-state index in [-0.39, 0.29) is 0 Å². The molecule has 90 valence electrons. The molecule has 2 aromatic heterocycles. The lowest BCUT2D eigenvalue weighted by Gasteiger charge is -2.02. The number of halogens is 2. The topological polar surface area (TPSA) is 30.2 Å². The van der Waals surface area contributed by atoms with Crippen LogP contribution < -0.4 is 0 Å². The maximum atomic E-state index is 6.16. The van der Waals surface area contributed by atoms with E-state index in [9.17, 15) is 0 Å². The second-order valence-electron chi connectivity index (χ2n) is 3.96. The SMILES string of the molecule is Clc1ccc(Cc2nnc3cccc(Cl)n23)cc1. The highest BCUT2D eigenvalue weighted by atomic mass is 35.5. The predicted molar refractivity (Wildman–Crippen MR) is 72.3 cm³/mol. The number of benzene rings is 1. The van der Waals surface area contributed by atoms with E-state index in [2.05, 4.69) is 10.2 Å². The van der Waals surface area contributed by atoms with Gasteiger partial charge >= 0.3 is 0 Å². The van der Waals surface area contributed by atoms with Crippen LogP contribution in [0.5, 0.6) is 0 Å². The molecular formula is C13H9Cl2N3. The summed E-state index contributed by atoms with van der Waals surface area (Å²) < 4.78 is 1.84. The zero-order valence-corrected chi connectivity index (χ0v) is 10.9. The number of nitrogens with zero attached hydrogens (tertiary/aromatic N) is 3. The molecule has 1 aromatic carbocycles. The van der Waals surface area contributed by atoms with Crippen molar-refractivity contribution in [3.8, 4) is 0 Å². The Bertz CT molecular complexity index is 689. The van der Waals surface area contributed by atoms with Crippen molar-refractivity contribution in [3.63, 3.8) is 0 Å². The van der Waals surface area contributed by atoms with Gasteiger partial charge in [0.15, 0.2) is 5.65 Å². The second kappa shape index (κ2) is 4.59. The van der Waals surface area contributed by atoms with Crippen molar-refractivity contribution in [2.24, 2.45) is 0 Å². The molecule has 0 fully saturated rings. The molecule has 3 nitrogen and oxygen atoms in total. The van der Waals surface area contributed by atoms with Gasteiger partial charge in [0.2, 0.25) is 0 Å². The fourth-order valence-corrected chi connectivity index (χ4v) is 2.24. The highest BCUT2D eigenvalue weighted by Gasteiger charge is 2.08. The van der Waals surface area contributed by atoms with Crippen LogP contribution in [0.15, 0.2) is 42.5 Å². The molecule has 3 aromatic rings. The minimum atomic E-state index is 0.612. The average molecular weight is 278 g/mol. The van der Waals surface area contributed by atoms with Gasteiger partial charge in [-0.2, -0.15) is 0 Å². The highest BCUT2D eigenvalue weighted by Crippen LogP contribution is 2.17. The first kappa shape index (κ1) is 11.5. The molecule has 0 bridgehead atoms. The second-order valence-corrected chi connectivity index (χ2v) is 4.79. The Balaban J connectivity index is 2.02. The highest BCUT2D eigenvalue weighted by molar-refractivity contribution is 6.30. The maximum absolute atomic E-state index is 6.16. The summed E-state index contributed by atoms with van der Waals surface area (Å²) in [5.74, 6) is 0.818. The summed E-state index contributed by atoms with van der Waals surface area (Å²) in [7, 11) is 0. The lowest BCUT2D eigenvalue weighted by molar-refractivity contribution is 0.935. The van der Waals surface area contributed by atoms with Gasteiger partial charge in [0.1, 0.15) is 11.0 Å². The summed E-state index contributed by atoms with van der Waals surface area (Å²) in [6.45, 7) is 0. The molecule has 3 rings (SSSR count). The Kier molecular flexibility index (Phi) is 2.94. The summed E-state index contributed by atoms with van der Waals surface area (Å²) in [6.07, 6.45) is 0.669. The predicted octanol–water partition coefficient (Wildman–Crippen LogP) is 3.63. The number of pyridine rings is 1. The zero-order chi connectivity index (χ0) is 12.5. The Morgan fingerprint density at radius 2 is 1.72 bits per heavy atom. The van der Waals surface area contributed by atoms with Gasteiger partial charge in [-0.25, -0.2) is 0 Å². The number of aromatic nitrogens is 3. The Morgan fingerprint density at radius 1 is 0.944 bits per heavy atom. The molecule has 0 saturated carbocycles. The van der Waals surface area contributed by atoms with E-state index in [0.29, 0.717) is 11.6 Å². The number of rotatable bonds is 2. The van der Waals surface area contributed by atoms with E-state index in [0.717, 1.165) is 22.1 Å². The molecule has 0 N–H and O–H groups in total. The van der Waals surface area contributed by atoms with Crippen molar-refractivity contribution >= 4 is 28.8 Å². The Labute approximate surface area is 114 Å². The first-order chi connectivity index (χ1) is 8.74. The van der Waals surface area contributed by atoms with Crippen LogP contribution in [0.1, 0.15) is 11.4 Å². The van der Waals surface area contributed by atoms with Crippen LogP contribution in [-0.2, 0) is 6.42 Å². The van der Waals surface area contributed by atoms with Gasteiger partial charge in [0.25, 0.3) is 0 Å². The number of hydrogen-bond acceptors (Lipinski definition) is 2. The molecule has 18 heavy (non-hydrogen) atoms. The molecule has 0 unspecified atom stereocenters. The molecule has 0 spiro atoms. The number of fused-ring (bicyclic) bond motifs is 1. The van der Waals surface area contributed by atoms with E-state index in [1.165, 1.54) is 0 Å². The standard InChI is InChI=1S/C13H9Cl2N3/c14-10-6-4-9(5-7-10)8-13-17-16-12-3-1-2-11(15)18(12)13/h1-7H,8H2. The van der Waals surface area contributed by atoms with Crippen LogP contribution in [0.3, 0.4) is 0 Å². The van der Waals surface area contributed by atoms with E-state index < -0.39 is 0 Å². The third-order valence-electron chi connectivity index (χ3n) is 2.72. The maximum Gasteiger partial charge on any atom is 0.161 e. The quantitative estimate of drug-likeness (QED) is 0.670. The molecule has 0 aliphatic carbocycles. The molecule has 0 aliphatic heterocycles. The third-order valence-corrected chi connectivity index (χ3v) is 3.27. The summed E-state index contributed by atoms with van der Waals surface area (Å²) in [5.41, 5.74) is 1.88. The normalized spacial score (nSPS) is 11.0. The van der Waals surface area contributed by atoms with Gasteiger partial charge in [0.05, 0.1) is 0 Å². The zero-order valence-electron chi connectivity index (χ0n) is 9.35. The Morgan fingerprint density at radius 3 is 2.50 bits per heavy atom. The molecule has 0 saturated heterocycles. The van der Waals surface area contributed by atoms with Gasteiger partial charge in [0, 0.05) is 11.4 Å². The molecule has 0 atom stereocenters. The van der Waals surface area contributed by atoms with Crippen LogP contribution in [0.25, 0.3) is 5.65 Å². The summed E-state index contributed by atoms with van der Waals surface area (Å²) in [6, 6.07) is 13.2. The lowest BCUT2D eigenvalue weighted by Crippen LogP contribution is -1.97. The van der Waals surface area contributed by atoms with Crippen molar-refractivity contribution in [1.82, 2.24) is 14.6 Å². The van der Waals surface area contributed by atoms with E-state index in [1.54, 1.807) is 0 Å². The van der Waals surface area contributed by atoms with Crippen LogP contribution in [0, 0.1) is 0 Å².